The van der Waals surface area contributed by atoms with Crippen molar-refractivity contribution in [1.29, 1.82) is 0 Å². The number of rotatable bonds is 7. The molecule has 0 aliphatic carbocycles. The molecule has 1 N–H and O–H groups in total. The molecule has 1 aromatic heterocycles. The summed E-state index contributed by atoms with van der Waals surface area (Å²) in [5, 5.41) is 3.26. The average molecular weight is 287 g/mol. The Labute approximate surface area is 127 Å². The summed E-state index contributed by atoms with van der Waals surface area (Å²) in [4.78, 5) is 0. The van der Waals surface area contributed by atoms with Gasteiger partial charge < -0.3 is 14.5 Å². The minimum absolute atomic E-state index is 0.544. The van der Waals surface area contributed by atoms with E-state index < -0.39 is 0 Å². The number of hydrogen-bond acceptors (Lipinski definition) is 3. The summed E-state index contributed by atoms with van der Waals surface area (Å²) in [5.74, 6) is 3.34. The van der Waals surface area contributed by atoms with Crippen LogP contribution < -0.4 is 10.1 Å². The maximum absolute atomic E-state index is 5.85. The predicted molar refractivity (Wildman–Crippen MR) is 85.7 cm³/mol. The summed E-state index contributed by atoms with van der Waals surface area (Å²) in [6.45, 7) is 10.7. The fourth-order valence-corrected chi connectivity index (χ4v) is 2.18. The van der Waals surface area contributed by atoms with Crippen LogP contribution in [0.15, 0.2) is 34.7 Å². The van der Waals surface area contributed by atoms with Gasteiger partial charge in [-0.1, -0.05) is 32.9 Å². The molecule has 0 saturated carbocycles. The van der Waals surface area contributed by atoms with E-state index in [1.807, 2.05) is 19.1 Å². The van der Waals surface area contributed by atoms with Crippen molar-refractivity contribution in [3.8, 4) is 5.75 Å². The first-order valence-corrected chi connectivity index (χ1v) is 7.61. The van der Waals surface area contributed by atoms with Gasteiger partial charge in [-0.3, -0.25) is 0 Å². The number of ether oxygens (including phenoxy) is 1. The van der Waals surface area contributed by atoms with Crippen molar-refractivity contribution in [2.45, 2.75) is 46.8 Å². The molecule has 0 atom stereocenters. The van der Waals surface area contributed by atoms with Gasteiger partial charge >= 0.3 is 0 Å². The second kappa shape index (κ2) is 7.32. The minimum atomic E-state index is 0.544. The van der Waals surface area contributed by atoms with Gasteiger partial charge in [-0.25, -0.2) is 0 Å². The third-order valence-electron chi connectivity index (χ3n) is 3.56. The van der Waals surface area contributed by atoms with Crippen molar-refractivity contribution in [1.82, 2.24) is 5.32 Å². The molecule has 2 rings (SSSR count). The second-order valence-electron chi connectivity index (χ2n) is 5.59. The van der Waals surface area contributed by atoms with Crippen LogP contribution in [0.5, 0.6) is 5.75 Å². The molecule has 0 bridgehead atoms. The van der Waals surface area contributed by atoms with Crippen LogP contribution in [-0.2, 0) is 13.2 Å². The Bertz CT molecular complexity index is 555. The lowest BCUT2D eigenvalue weighted by molar-refractivity contribution is 0.303. The molecule has 0 saturated heterocycles. The highest BCUT2D eigenvalue weighted by atomic mass is 16.5. The quantitative estimate of drug-likeness (QED) is 0.819. The first-order valence-electron chi connectivity index (χ1n) is 7.61. The largest absolute Gasteiger partial charge is 0.489 e. The molecule has 2 aromatic rings. The molecule has 3 heteroatoms. The zero-order chi connectivity index (χ0) is 15.2. The van der Waals surface area contributed by atoms with Crippen LogP contribution in [0, 0.1) is 6.92 Å². The van der Waals surface area contributed by atoms with Gasteiger partial charge in [0.25, 0.3) is 0 Å². The zero-order valence-corrected chi connectivity index (χ0v) is 13.4. The van der Waals surface area contributed by atoms with Gasteiger partial charge in [-0.15, -0.1) is 0 Å². The van der Waals surface area contributed by atoms with E-state index in [4.69, 9.17) is 9.15 Å². The van der Waals surface area contributed by atoms with Crippen molar-refractivity contribution >= 4 is 0 Å². The van der Waals surface area contributed by atoms with Crippen molar-refractivity contribution in [3.63, 3.8) is 0 Å². The summed E-state index contributed by atoms with van der Waals surface area (Å²) in [5.41, 5.74) is 2.44. The second-order valence-corrected chi connectivity index (χ2v) is 5.59. The molecule has 0 radical (unpaired) electrons. The van der Waals surface area contributed by atoms with Crippen LogP contribution in [-0.4, -0.2) is 6.54 Å². The van der Waals surface area contributed by atoms with E-state index in [1.54, 1.807) is 0 Å². The Hall–Kier alpha value is -1.74. The zero-order valence-electron chi connectivity index (χ0n) is 13.4. The van der Waals surface area contributed by atoms with Gasteiger partial charge in [0.05, 0.1) is 6.54 Å². The Kier molecular flexibility index (Phi) is 5.45. The predicted octanol–water partition coefficient (Wildman–Crippen LogP) is 4.40. The minimum Gasteiger partial charge on any atom is -0.489 e. The van der Waals surface area contributed by atoms with Crippen molar-refractivity contribution in [2.75, 3.05) is 6.54 Å². The fraction of sp³-hybridized carbons (Fsp3) is 0.444. The molecule has 21 heavy (non-hydrogen) atoms. The van der Waals surface area contributed by atoms with E-state index in [1.165, 1.54) is 5.56 Å². The van der Waals surface area contributed by atoms with Crippen molar-refractivity contribution in [2.24, 2.45) is 0 Å². The number of benzene rings is 1. The smallest absolute Gasteiger partial charge is 0.119 e. The monoisotopic (exact) mass is 287 g/mol. The van der Waals surface area contributed by atoms with Gasteiger partial charge in [0, 0.05) is 5.56 Å². The first-order chi connectivity index (χ1) is 10.1. The third-order valence-corrected chi connectivity index (χ3v) is 3.56. The van der Waals surface area contributed by atoms with Gasteiger partial charge in [0.1, 0.15) is 23.9 Å². The lowest BCUT2D eigenvalue weighted by Gasteiger charge is -2.08. The lowest BCUT2D eigenvalue weighted by Crippen LogP contribution is -2.10. The molecule has 114 valence electrons. The van der Waals surface area contributed by atoms with Gasteiger partial charge in [0.15, 0.2) is 0 Å². The summed E-state index contributed by atoms with van der Waals surface area (Å²) in [7, 11) is 0. The molecular weight excluding hydrogens is 262 g/mol. The number of nitrogens with one attached hydrogen (secondary N) is 1. The Morgan fingerprint density at radius 3 is 2.52 bits per heavy atom. The van der Waals surface area contributed by atoms with Crippen molar-refractivity contribution < 1.29 is 9.15 Å². The first kappa shape index (κ1) is 15.6. The maximum Gasteiger partial charge on any atom is 0.119 e. The van der Waals surface area contributed by atoms with Crippen LogP contribution in [0.1, 0.15) is 49.3 Å². The maximum atomic E-state index is 5.85. The molecular formula is C18H25NO2. The molecule has 0 amide bonds. The third kappa shape index (κ3) is 4.36. The number of furan rings is 1. The highest BCUT2D eigenvalue weighted by Crippen LogP contribution is 2.21. The van der Waals surface area contributed by atoms with E-state index in [2.05, 4.69) is 44.3 Å². The van der Waals surface area contributed by atoms with E-state index in [0.29, 0.717) is 12.5 Å². The molecule has 0 unspecified atom stereocenters. The molecule has 0 aliphatic rings. The van der Waals surface area contributed by atoms with E-state index in [9.17, 15) is 0 Å². The standard InChI is InChI=1S/C18H25NO2/c1-5-19-11-18-10-16(14(4)21-18)12-20-17-8-6-15(7-9-17)13(2)3/h6-10,13,19H,5,11-12H2,1-4H3. The lowest BCUT2D eigenvalue weighted by atomic mass is 10.0. The highest BCUT2D eigenvalue weighted by molar-refractivity contribution is 5.29. The van der Waals surface area contributed by atoms with E-state index in [-0.39, 0.29) is 0 Å². The molecule has 1 aromatic carbocycles. The van der Waals surface area contributed by atoms with Crippen LogP contribution >= 0.6 is 0 Å². The van der Waals surface area contributed by atoms with Gasteiger partial charge in [0.2, 0.25) is 0 Å². The fourth-order valence-electron chi connectivity index (χ4n) is 2.18. The molecule has 1 heterocycles. The normalized spacial score (nSPS) is 11.1. The van der Waals surface area contributed by atoms with Crippen LogP contribution in [0.3, 0.4) is 0 Å². The SMILES string of the molecule is CCNCc1cc(COc2ccc(C(C)C)cc2)c(C)o1. The highest BCUT2D eigenvalue weighted by Gasteiger charge is 2.08. The van der Waals surface area contributed by atoms with Crippen molar-refractivity contribution in [3.05, 3.63) is 53.0 Å². The topological polar surface area (TPSA) is 34.4 Å². The van der Waals surface area contributed by atoms with Crippen LogP contribution in [0.25, 0.3) is 0 Å². The number of hydrogen-bond donors (Lipinski definition) is 1. The summed E-state index contributed by atoms with van der Waals surface area (Å²) in [6.07, 6.45) is 0. The average Bonchev–Trinajstić information content (AvgIpc) is 2.83. The van der Waals surface area contributed by atoms with E-state index >= 15 is 0 Å². The van der Waals surface area contributed by atoms with Crippen LogP contribution in [0.4, 0.5) is 0 Å². The van der Waals surface area contributed by atoms with Gasteiger partial charge in [-0.2, -0.15) is 0 Å². The molecule has 0 aliphatic heterocycles. The Morgan fingerprint density at radius 2 is 1.90 bits per heavy atom. The van der Waals surface area contributed by atoms with Crippen LogP contribution in [0.2, 0.25) is 0 Å². The Morgan fingerprint density at radius 1 is 1.19 bits per heavy atom. The molecule has 0 spiro atoms. The van der Waals surface area contributed by atoms with Gasteiger partial charge in [-0.05, 0) is 43.1 Å². The summed E-state index contributed by atoms with van der Waals surface area (Å²) < 4.78 is 11.6. The molecule has 3 nitrogen and oxygen atoms in total. The molecule has 0 fully saturated rings. The number of aryl methyl sites for hydroxylation is 1. The van der Waals surface area contributed by atoms with E-state index in [0.717, 1.165) is 35.9 Å². The summed E-state index contributed by atoms with van der Waals surface area (Å²) in [6, 6.07) is 10.4. The summed E-state index contributed by atoms with van der Waals surface area (Å²) >= 11 is 0. The Balaban J connectivity index is 1.94.